The third kappa shape index (κ3) is 5.83. The minimum atomic E-state index is -0.602. The molecule has 2 aliphatic heterocycles. The number of nitrogens with two attached hydrogens (primary N) is 1. The molecule has 0 aliphatic carbocycles. The van der Waals surface area contributed by atoms with E-state index in [1.807, 2.05) is 46.3 Å². The predicted molar refractivity (Wildman–Crippen MR) is 155 cm³/mol. The average molecular weight is 531 g/mol. The fraction of sp³-hybridized carbons (Fsp3) is 0.500. The number of benzene rings is 2. The molecule has 0 radical (unpaired) electrons. The van der Waals surface area contributed by atoms with E-state index in [9.17, 15) is 9.59 Å². The monoisotopic (exact) mass is 530 g/mol. The zero-order valence-electron chi connectivity index (χ0n) is 23.3. The molecule has 7 heteroatoms. The Morgan fingerprint density at radius 2 is 1.77 bits per heavy atom. The fourth-order valence-electron chi connectivity index (χ4n) is 6.37. The Bertz CT molecular complexity index is 1290. The second-order valence-corrected chi connectivity index (χ2v) is 11.5. The zero-order chi connectivity index (χ0) is 27.4. The van der Waals surface area contributed by atoms with E-state index in [0.717, 1.165) is 47.9 Å². The fourth-order valence-corrected chi connectivity index (χ4v) is 6.37. The van der Waals surface area contributed by atoms with E-state index in [0.29, 0.717) is 45.5 Å². The molecule has 5 rings (SSSR count). The first kappa shape index (κ1) is 27.3. The van der Waals surface area contributed by atoms with Gasteiger partial charge in [0.05, 0.1) is 18.0 Å². The Labute approximate surface area is 231 Å². The van der Waals surface area contributed by atoms with E-state index in [4.69, 9.17) is 10.5 Å². The van der Waals surface area contributed by atoms with Crippen LogP contribution in [0.1, 0.15) is 57.1 Å². The number of aromatic nitrogens is 1. The SMILES string of the molecule is CC(C)N1CCOc2ccccc2CCCCC2(CCN(C(=O)[C@H](N)Cc3c[nH]c4ccccc34)CC2)C1=O. The summed E-state index contributed by atoms with van der Waals surface area (Å²) in [5.74, 6) is 1.12. The highest BCUT2D eigenvalue weighted by atomic mass is 16.5. The first-order chi connectivity index (χ1) is 18.9. The molecule has 0 bridgehead atoms. The number of aryl methyl sites for hydroxylation is 1. The lowest BCUT2D eigenvalue weighted by atomic mass is 9.72. The minimum absolute atomic E-state index is 0.0264. The van der Waals surface area contributed by atoms with Crippen molar-refractivity contribution in [3.05, 3.63) is 65.9 Å². The van der Waals surface area contributed by atoms with Crippen molar-refractivity contribution in [3.8, 4) is 5.75 Å². The van der Waals surface area contributed by atoms with Crippen LogP contribution in [0.2, 0.25) is 0 Å². The summed E-state index contributed by atoms with van der Waals surface area (Å²) in [5, 5.41) is 1.11. The van der Waals surface area contributed by atoms with E-state index >= 15 is 0 Å². The van der Waals surface area contributed by atoms with E-state index in [2.05, 4.69) is 37.0 Å². The van der Waals surface area contributed by atoms with Gasteiger partial charge in [0.2, 0.25) is 11.8 Å². The Morgan fingerprint density at radius 3 is 2.56 bits per heavy atom. The zero-order valence-corrected chi connectivity index (χ0v) is 23.3. The summed E-state index contributed by atoms with van der Waals surface area (Å²) < 4.78 is 6.15. The van der Waals surface area contributed by atoms with Crippen LogP contribution in [0.25, 0.3) is 10.9 Å². The normalized spacial score (nSPS) is 19.3. The quantitative estimate of drug-likeness (QED) is 0.512. The number of aromatic amines is 1. The number of H-pyrrole nitrogens is 1. The van der Waals surface area contributed by atoms with Crippen LogP contribution in [0.4, 0.5) is 0 Å². The Kier molecular flexibility index (Phi) is 8.26. The van der Waals surface area contributed by atoms with E-state index in [1.54, 1.807) is 0 Å². The number of hydrogen-bond acceptors (Lipinski definition) is 4. The summed E-state index contributed by atoms with van der Waals surface area (Å²) in [4.78, 5) is 34.6. The van der Waals surface area contributed by atoms with Gasteiger partial charge in [-0.25, -0.2) is 0 Å². The molecular formula is C32H42N4O3. The number of piperidine rings is 1. The van der Waals surface area contributed by atoms with Gasteiger partial charge in [-0.3, -0.25) is 9.59 Å². The number of rotatable bonds is 4. The van der Waals surface area contributed by atoms with Crippen LogP contribution in [0.3, 0.4) is 0 Å². The van der Waals surface area contributed by atoms with Crippen LogP contribution in [-0.4, -0.2) is 64.9 Å². The number of carbonyl (C=O) groups is 2. The number of likely N-dealkylation sites (tertiary alicyclic amines) is 1. The molecular weight excluding hydrogens is 488 g/mol. The maximum absolute atomic E-state index is 14.1. The Balaban J connectivity index is 1.27. The third-order valence-corrected chi connectivity index (χ3v) is 8.72. The molecule has 1 saturated heterocycles. The molecule has 2 amide bonds. The maximum atomic E-state index is 14.1. The number of ether oxygens (including phenoxy) is 1. The molecule has 1 aromatic heterocycles. The second-order valence-electron chi connectivity index (χ2n) is 11.5. The lowest BCUT2D eigenvalue weighted by molar-refractivity contribution is -0.151. The molecule has 1 atom stereocenters. The second kappa shape index (κ2) is 11.8. The Hall–Kier alpha value is -3.32. The molecule has 3 heterocycles. The lowest BCUT2D eigenvalue weighted by Crippen LogP contribution is -2.55. The number of fused-ring (bicyclic) bond motifs is 2. The van der Waals surface area contributed by atoms with E-state index in [-0.39, 0.29) is 17.9 Å². The maximum Gasteiger partial charge on any atom is 0.239 e. The summed E-state index contributed by atoms with van der Waals surface area (Å²) >= 11 is 0. The number of carbonyl (C=O) groups excluding carboxylic acids is 2. The van der Waals surface area contributed by atoms with Crippen molar-refractivity contribution >= 4 is 22.7 Å². The Morgan fingerprint density at radius 1 is 1.03 bits per heavy atom. The number of hydrogen-bond donors (Lipinski definition) is 2. The van der Waals surface area contributed by atoms with Gasteiger partial charge >= 0.3 is 0 Å². The van der Waals surface area contributed by atoms with Gasteiger partial charge in [-0.15, -0.1) is 0 Å². The van der Waals surface area contributed by atoms with Crippen molar-refractivity contribution in [2.24, 2.45) is 11.1 Å². The number of nitrogens with zero attached hydrogens (tertiary/aromatic N) is 2. The smallest absolute Gasteiger partial charge is 0.239 e. The molecule has 2 aliphatic rings. The average Bonchev–Trinajstić information content (AvgIpc) is 3.35. The van der Waals surface area contributed by atoms with Gasteiger partial charge in [-0.2, -0.15) is 0 Å². The van der Waals surface area contributed by atoms with E-state index in [1.165, 1.54) is 5.56 Å². The van der Waals surface area contributed by atoms with Crippen molar-refractivity contribution in [2.45, 2.75) is 70.9 Å². The highest BCUT2D eigenvalue weighted by molar-refractivity contribution is 5.87. The van der Waals surface area contributed by atoms with Crippen LogP contribution in [-0.2, 0) is 22.4 Å². The van der Waals surface area contributed by atoms with E-state index < -0.39 is 11.5 Å². The van der Waals surface area contributed by atoms with Crippen LogP contribution < -0.4 is 10.5 Å². The van der Waals surface area contributed by atoms with Crippen LogP contribution in [0, 0.1) is 5.41 Å². The van der Waals surface area contributed by atoms with Gasteiger partial charge in [-0.05, 0) is 75.6 Å². The highest BCUT2D eigenvalue weighted by Gasteiger charge is 2.44. The summed E-state index contributed by atoms with van der Waals surface area (Å²) in [6.45, 7) is 6.32. The van der Waals surface area contributed by atoms with Gasteiger partial charge in [0, 0.05) is 36.2 Å². The molecule has 39 heavy (non-hydrogen) atoms. The number of nitrogens with one attached hydrogen (secondary N) is 1. The van der Waals surface area contributed by atoms with Gasteiger partial charge in [0.15, 0.2) is 0 Å². The van der Waals surface area contributed by atoms with Crippen LogP contribution in [0.5, 0.6) is 5.75 Å². The lowest BCUT2D eigenvalue weighted by Gasteiger charge is -2.45. The molecule has 7 nitrogen and oxygen atoms in total. The summed E-state index contributed by atoms with van der Waals surface area (Å²) in [7, 11) is 0. The van der Waals surface area contributed by atoms with Crippen molar-refractivity contribution in [3.63, 3.8) is 0 Å². The first-order valence-corrected chi connectivity index (χ1v) is 14.5. The van der Waals surface area contributed by atoms with Crippen molar-refractivity contribution in [2.75, 3.05) is 26.2 Å². The highest BCUT2D eigenvalue weighted by Crippen LogP contribution is 2.40. The van der Waals surface area contributed by atoms with Crippen molar-refractivity contribution in [1.29, 1.82) is 0 Å². The summed E-state index contributed by atoms with van der Waals surface area (Å²) in [6.07, 6.45) is 7.58. The van der Waals surface area contributed by atoms with Gasteiger partial charge in [0.25, 0.3) is 0 Å². The van der Waals surface area contributed by atoms with Gasteiger partial charge in [-0.1, -0.05) is 42.8 Å². The first-order valence-electron chi connectivity index (χ1n) is 14.5. The molecule has 3 N–H and O–H groups in total. The molecule has 0 saturated carbocycles. The predicted octanol–water partition coefficient (Wildman–Crippen LogP) is 4.69. The molecule has 3 aromatic rings. The topological polar surface area (TPSA) is 91.7 Å². The molecule has 1 fully saturated rings. The van der Waals surface area contributed by atoms with Crippen molar-refractivity contribution in [1.82, 2.24) is 14.8 Å². The molecule has 2 aromatic carbocycles. The molecule has 1 spiro atoms. The van der Waals surface area contributed by atoms with Gasteiger partial charge in [0.1, 0.15) is 12.4 Å². The molecule has 208 valence electrons. The number of para-hydroxylation sites is 2. The van der Waals surface area contributed by atoms with Crippen LogP contribution in [0.15, 0.2) is 54.7 Å². The summed E-state index contributed by atoms with van der Waals surface area (Å²) in [5.41, 5.74) is 9.35. The van der Waals surface area contributed by atoms with Crippen LogP contribution >= 0.6 is 0 Å². The molecule has 0 unspecified atom stereocenters. The standard InChI is InChI=1S/C32H42N4O3/c1-23(2)36-19-20-39-29-13-6-3-9-24(29)10-7-8-14-32(31(36)38)15-17-35(18-16-32)30(37)27(33)21-25-22-34-28-12-5-4-11-26(25)28/h3-6,9,11-13,22-23,27,34H,7-8,10,14-21,33H2,1-2H3/t27-/m1/s1. The largest absolute Gasteiger partial charge is 0.491 e. The third-order valence-electron chi connectivity index (χ3n) is 8.72. The van der Waals surface area contributed by atoms with Gasteiger partial charge < -0.3 is 25.3 Å². The summed E-state index contributed by atoms with van der Waals surface area (Å²) in [6, 6.07) is 15.8. The number of amides is 2. The minimum Gasteiger partial charge on any atom is -0.491 e. The van der Waals surface area contributed by atoms with Crippen molar-refractivity contribution < 1.29 is 14.3 Å².